The van der Waals surface area contributed by atoms with Gasteiger partial charge in [-0.3, -0.25) is 0 Å². The van der Waals surface area contributed by atoms with Gasteiger partial charge in [0, 0.05) is 54.2 Å². The maximum atomic E-state index is 9.39. The zero-order chi connectivity index (χ0) is 18.8. The van der Waals surface area contributed by atoms with Gasteiger partial charge in [0.25, 0.3) is 0 Å². The average molecular weight is 423 g/mol. The molecule has 0 atom stereocenters. The van der Waals surface area contributed by atoms with Crippen LogP contribution in [0.1, 0.15) is 12.5 Å². The Morgan fingerprint density at radius 2 is 2.00 bits per heavy atom. The molecule has 4 rings (SSSR count). The number of nitrogens with zero attached hydrogens (tertiary/aromatic N) is 6. The highest BCUT2D eigenvalue weighted by Crippen LogP contribution is 2.30. The predicted octanol–water partition coefficient (Wildman–Crippen LogP) is 3.69. The van der Waals surface area contributed by atoms with E-state index in [1.807, 2.05) is 25.4 Å². The average Bonchev–Trinajstić information content (AvgIpc) is 3.11. The summed E-state index contributed by atoms with van der Waals surface area (Å²) in [6, 6.07) is 8.35. The second-order valence-corrected chi connectivity index (χ2v) is 7.36. The summed E-state index contributed by atoms with van der Waals surface area (Å²) in [5, 5.41) is 13.7. The first-order valence-corrected chi connectivity index (χ1v) is 9.64. The molecule has 0 unspecified atom stereocenters. The fourth-order valence-electron chi connectivity index (χ4n) is 3.43. The monoisotopic (exact) mass is 422 g/mol. The second kappa shape index (κ2) is 7.41. The Morgan fingerprint density at radius 3 is 2.67 bits per heavy atom. The minimum absolute atomic E-state index is 0.557. The Kier molecular flexibility index (Phi) is 4.82. The molecule has 1 fully saturated rings. The summed E-state index contributed by atoms with van der Waals surface area (Å²) in [6.07, 6.45) is 9.55. The first kappa shape index (κ1) is 17.6. The smallest absolute Gasteiger partial charge is 0.128 e. The van der Waals surface area contributed by atoms with E-state index in [1.165, 1.54) is 0 Å². The summed E-state index contributed by atoms with van der Waals surface area (Å²) < 4.78 is 2.63. The lowest BCUT2D eigenvalue weighted by Gasteiger charge is -2.34. The van der Waals surface area contributed by atoms with Gasteiger partial charge in [0.1, 0.15) is 11.9 Å². The van der Waals surface area contributed by atoms with Crippen LogP contribution >= 0.6 is 15.9 Å². The van der Waals surface area contributed by atoms with Gasteiger partial charge in [-0.2, -0.15) is 10.4 Å². The molecule has 0 amide bonds. The van der Waals surface area contributed by atoms with Crippen molar-refractivity contribution in [1.29, 1.82) is 5.26 Å². The zero-order valence-corrected chi connectivity index (χ0v) is 16.6. The summed E-state index contributed by atoms with van der Waals surface area (Å²) in [7, 11) is 0. The molecule has 1 aliphatic rings. The standard InChI is InChI=1S/C20H19BrN6/c1-2-5-25-6-8-26(9-7-25)19-4-3-15(12-23-19)18-10-17(21)14-27-20(18)16(11-22)13-24-27/h2-5,10,12-14H,6-9H2,1H3. The molecule has 4 heterocycles. The third-order valence-electron chi connectivity index (χ3n) is 4.76. The number of halogens is 1. The van der Waals surface area contributed by atoms with Gasteiger partial charge in [-0.15, -0.1) is 0 Å². The van der Waals surface area contributed by atoms with Crippen LogP contribution in [-0.2, 0) is 0 Å². The first-order chi connectivity index (χ1) is 13.2. The van der Waals surface area contributed by atoms with Crippen LogP contribution < -0.4 is 4.90 Å². The van der Waals surface area contributed by atoms with Crippen LogP contribution in [0.3, 0.4) is 0 Å². The summed E-state index contributed by atoms with van der Waals surface area (Å²) in [5.74, 6) is 0.985. The van der Waals surface area contributed by atoms with Crippen LogP contribution in [0.4, 0.5) is 5.82 Å². The lowest BCUT2D eigenvalue weighted by molar-refractivity contribution is 0.348. The van der Waals surface area contributed by atoms with Crippen molar-refractivity contribution in [3.63, 3.8) is 0 Å². The molecule has 0 bridgehead atoms. The minimum Gasteiger partial charge on any atom is -0.374 e. The number of hydrogen-bond acceptors (Lipinski definition) is 5. The van der Waals surface area contributed by atoms with E-state index < -0.39 is 0 Å². The highest BCUT2D eigenvalue weighted by Gasteiger charge is 2.17. The molecule has 0 aromatic carbocycles. The van der Waals surface area contributed by atoms with Crippen LogP contribution in [0.15, 0.2) is 53.5 Å². The van der Waals surface area contributed by atoms with E-state index in [2.05, 4.69) is 66.3 Å². The third-order valence-corrected chi connectivity index (χ3v) is 5.19. The molecule has 0 saturated carbocycles. The van der Waals surface area contributed by atoms with Crippen molar-refractivity contribution in [3.8, 4) is 17.2 Å². The van der Waals surface area contributed by atoms with Crippen LogP contribution in [0.25, 0.3) is 16.6 Å². The number of hydrogen-bond donors (Lipinski definition) is 0. The molecule has 0 aliphatic carbocycles. The Balaban J connectivity index is 1.63. The zero-order valence-electron chi connectivity index (χ0n) is 15.0. The number of rotatable bonds is 3. The van der Waals surface area contributed by atoms with Crippen molar-refractivity contribution in [3.05, 3.63) is 59.1 Å². The van der Waals surface area contributed by atoms with Crippen LogP contribution in [-0.4, -0.2) is 45.7 Å². The van der Waals surface area contributed by atoms with Crippen LogP contribution in [0.2, 0.25) is 0 Å². The fourth-order valence-corrected chi connectivity index (χ4v) is 3.86. The van der Waals surface area contributed by atoms with Gasteiger partial charge in [0.2, 0.25) is 0 Å². The molecule has 3 aromatic rings. The maximum Gasteiger partial charge on any atom is 0.128 e. The highest BCUT2D eigenvalue weighted by molar-refractivity contribution is 9.10. The number of anilines is 1. The summed E-state index contributed by atoms with van der Waals surface area (Å²) >= 11 is 3.52. The van der Waals surface area contributed by atoms with Crippen molar-refractivity contribution < 1.29 is 0 Å². The molecule has 6 nitrogen and oxygen atoms in total. The topological polar surface area (TPSA) is 60.5 Å². The summed E-state index contributed by atoms with van der Waals surface area (Å²) in [4.78, 5) is 9.32. The number of allylic oxidation sites excluding steroid dienone is 1. The quantitative estimate of drug-likeness (QED) is 0.643. The Labute approximate surface area is 166 Å². The first-order valence-electron chi connectivity index (χ1n) is 8.85. The molecule has 136 valence electrons. The molecule has 27 heavy (non-hydrogen) atoms. The number of piperazine rings is 1. The number of fused-ring (bicyclic) bond motifs is 1. The highest BCUT2D eigenvalue weighted by atomic mass is 79.9. The van der Waals surface area contributed by atoms with E-state index in [0.717, 1.165) is 53.1 Å². The van der Waals surface area contributed by atoms with E-state index in [1.54, 1.807) is 10.7 Å². The maximum absolute atomic E-state index is 9.39. The van der Waals surface area contributed by atoms with E-state index in [-0.39, 0.29) is 0 Å². The Bertz CT molecular complexity index is 1020. The Morgan fingerprint density at radius 1 is 1.19 bits per heavy atom. The number of aromatic nitrogens is 3. The van der Waals surface area contributed by atoms with Gasteiger partial charge in [-0.05, 0) is 47.3 Å². The Hall–Kier alpha value is -2.85. The molecule has 7 heteroatoms. The van der Waals surface area contributed by atoms with E-state index >= 15 is 0 Å². The van der Waals surface area contributed by atoms with Crippen LogP contribution in [0, 0.1) is 11.3 Å². The van der Waals surface area contributed by atoms with E-state index in [4.69, 9.17) is 0 Å². The number of nitriles is 1. The number of pyridine rings is 2. The van der Waals surface area contributed by atoms with Gasteiger partial charge >= 0.3 is 0 Å². The van der Waals surface area contributed by atoms with Crippen LogP contribution in [0.5, 0.6) is 0 Å². The molecule has 0 spiro atoms. The summed E-state index contributed by atoms with van der Waals surface area (Å²) in [6.45, 7) is 5.96. The van der Waals surface area contributed by atoms with Crippen molar-refractivity contribution in [1.82, 2.24) is 19.5 Å². The van der Waals surface area contributed by atoms with Gasteiger partial charge in [-0.1, -0.05) is 6.08 Å². The molecule has 3 aromatic heterocycles. The van der Waals surface area contributed by atoms with Crippen molar-refractivity contribution in [2.75, 3.05) is 31.1 Å². The molecule has 1 aliphatic heterocycles. The minimum atomic E-state index is 0.557. The molecule has 1 saturated heterocycles. The van der Waals surface area contributed by atoms with Gasteiger partial charge < -0.3 is 9.80 Å². The van der Waals surface area contributed by atoms with Gasteiger partial charge in [-0.25, -0.2) is 9.50 Å². The SMILES string of the molecule is CC=CN1CCN(c2ccc(-c3cc(Br)cn4ncc(C#N)c34)cn2)CC1. The fraction of sp³-hybridized carbons (Fsp3) is 0.250. The van der Waals surface area contributed by atoms with Gasteiger partial charge in [0.15, 0.2) is 0 Å². The molecular formula is C20H19BrN6. The molecule has 0 radical (unpaired) electrons. The molecular weight excluding hydrogens is 404 g/mol. The third kappa shape index (κ3) is 3.40. The molecule has 0 N–H and O–H groups in total. The largest absolute Gasteiger partial charge is 0.374 e. The van der Waals surface area contributed by atoms with E-state index in [0.29, 0.717) is 5.56 Å². The van der Waals surface area contributed by atoms with E-state index in [9.17, 15) is 5.26 Å². The van der Waals surface area contributed by atoms with Crippen molar-refractivity contribution >= 4 is 27.3 Å². The van der Waals surface area contributed by atoms with Crippen molar-refractivity contribution in [2.45, 2.75) is 6.92 Å². The normalized spacial score (nSPS) is 14.9. The lowest BCUT2D eigenvalue weighted by Crippen LogP contribution is -2.44. The van der Waals surface area contributed by atoms with Gasteiger partial charge in [0.05, 0.1) is 17.3 Å². The predicted molar refractivity (Wildman–Crippen MR) is 109 cm³/mol. The summed E-state index contributed by atoms with van der Waals surface area (Å²) in [5.41, 5.74) is 3.27. The lowest BCUT2D eigenvalue weighted by atomic mass is 10.1. The second-order valence-electron chi connectivity index (χ2n) is 6.45. The van der Waals surface area contributed by atoms with Crippen molar-refractivity contribution in [2.24, 2.45) is 0 Å².